The molecule has 6 nitrogen and oxygen atoms in total. The molecule has 19 heavy (non-hydrogen) atoms. The third-order valence-corrected chi connectivity index (χ3v) is 2.81. The predicted octanol–water partition coefficient (Wildman–Crippen LogP) is 1.01. The molecule has 0 spiro atoms. The highest BCUT2D eigenvalue weighted by Gasteiger charge is 2.01. The van der Waals surface area contributed by atoms with E-state index in [0.29, 0.717) is 5.95 Å². The Morgan fingerprint density at radius 3 is 2.74 bits per heavy atom. The van der Waals surface area contributed by atoms with Crippen LogP contribution in [0.2, 0.25) is 0 Å². The third-order valence-electron chi connectivity index (χ3n) is 2.81. The summed E-state index contributed by atoms with van der Waals surface area (Å²) in [4.78, 5) is 6.59. The summed E-state index contributed by atoms with van der Waals surface area (Å²) in [5.74, 6) is 0.568. The first-order valence-electron chi connectivity index (χ1n) is 6.30. The Bertz CT molecular complexity index is 519. The fraction of sp³-hybridized carbons (Fsp3) is 0.462. The van der Waals surface area contributed by atoms with Gasteiger partial charge in [-0.3, -0.25) is 0 Å². The van der Waals surface area contributed by atoms with Crippen LogP contribution in [0.3, 0.4) is 0 Å². The van der Waals surface area contributed by atoms with E-state index >= 15 is 0 Å². The number of likely N-dealkylation sites (N-methyl/N-ethyl adjacent to an activating group) is 1. The number of nitrogens with zero attached hydrogens (tertiary/aromatic N) is 4. The molecule has 1 aromatic heterocycles. The zero-order valence-corrected chi connectivity index (χ0v) is 11.3. The second-order valence-electron chi connectivity index (χ2n) is 4.35. The van der Waals surface area contributed by atoms with E-state index in [1.54, 1.807) is 7.11 Å². The molecule has 0 amide bonds. The van der Waals surface area contributed by atoms with Crippen LogP contribution in [0, 0.1) is 0 Å². The molecule has 2 rings (SSSR count). The highest BCUT2D eigenvalue weighted by molar-refractivity contribution is 5.73. The number of methoxy groups -OCH3 is 1. The molecule has 1 heterocycles. The van der Waals surface area contributed by atoms with E-state index in [-0.39, 0.29) is 0 Å². The number of rotatable bonds is 7. The monoisotopic (exact) mass is 261 g/mol. The fourth-order valence-corrected chi connectivity index (χ4v) is 1.67. The molecule has 0 unspecified atom stereocenters. The van der Waals surface area contributed by atoms with Gasteiger partial charge < -0.3 is 15.0 Å². The minimum atomic E-state index is 0.568. The number of benzene rings is 1. The van der Waals surface area contributed by atoms with Crippen molar-refractivity contribution in [3.63, 3.8) is 0 Å². The number of para-hydroxylation sites is 1. The van der Waals surface area contributed by atoms with Crippen molar-refractivity contribution in [1.29, 1.82) is 0 Å². The van der Waals surface area contributed by atoms with Gasteiger partial charge in [0.1, 0.15) is 5.52 Å². The van der Waals surface area contributed by atoms with Crippen molar-refractivity contribution in [2.24, 2.45) is 0 Å². The van der Waals surface area contributed by atoms with Gasteiger partial charge in [0.05, 0.1) is 12.1 Å². The number of hydrogen-bond acceptors (Lipinski definition) is 6. The average molecular weight is 261 g/mol. The quantitative estimate of drug-likeness (QED) is 0.802. The van der Waals surface area contributed by atoms with Gasteiger partial charge in [-0.25, -0.2) is 4.98 Å². The van der Waals surface area contributed by atoms with Crippen molar-refractivity contribution < 1.29 is 4.74 Å². The highest BCUT2D eigenvalue weighted by Crippen LogP contribution is 2.08. The van der Waals surface area contributed by atoms with Crippen molar-refractivity contribution in [3.05, 3.63) is 24.3 Å². The summed E-state index contributed by atoms with van der Waals surface area (Å²) in [6.07, 6.45) is 0. The molecule has 1 aromatic carbocycles. The summed E-state index contributed by atoms with van der Waals surface area (Å²) in [5.41, 5.74) is 1.66. The van der Waals surface area contributed by atoms with Crippen molar-refractivity contribution in [1.82, 2.24) is 20.1 Å². The Labute approximate surface area is 112 Å². The van der Waals surface area contributed by atoms with E-state index < -0.39 is 0 Å². The molecule has 6 heteroatoms. The van der Waals surface area contributed by atoms with Crippen LogP contribution in [0.4, 0.5) is 5.95 Å². The van der Waals surface area contributed by atoms with E-state index in [1.807, 2.05) is 24.3 Å². The Kier molecular flexibility index (Phi) is 5.00. The van der Waals surface area contributed by atoms with E-state index in [9.17, 15) is 0 Å². The number of hydrogen-bond donors (Lipinski definition) is 1. The van der Waals surface area contributed by atoms with Crippen LogP contribution >= 0.6 is 0 Å². The largest absolute Gasteiger partial charge is 0.383 e. The standard InChI is InChI=1S/C13H19N5O/c1-18(9-10-19-2)8-7-14-13-15-11-5-3-4-6-12(11)16-17-13/h3-6H,7-10H2,1-2H3,(H,14,15,17). The molecule has 0 radical (unpaired) electrons. The Balaban J connectivity index is 1.84. The fourth-order valence-electron chi connectivity index (χ4n) is 1.67. The van der Waals surface area contributed by atoms with Gasteiger partial charge in [-0.1, -0.05) is 12.1 Å². The second kappa shape index (κ2) is 6.96. The topological polar surface area (TPSA) is 63.2 Å². The molecule has 0 saturated carbocycles. The molecule has 0 fully saturated rings. The van der Waals surface area contributed by atoms with Gasteiger partial charge in [-0.2, -0.15) is 0 Å². The summed E-state index contributed by atoms with van der Waals surface area (Å²) in [6.45, 7) is 3.33. The van der Waals surface area contributed by atoms with Gasteiger partial charge >= 0.3 is 0 Å². The van der Waals surface area contributed by atoms with Crippen LogP contribution in [0.1, 0.15) is 0 Å². The van der Waals surface area contributed by atoms with Gasteiger partial charge in [0, 0.05) is 26.7 Å². The SMILES string of the molecule is COCCN(C)CCNc1nnc2ccccc2n1. The third kappa shape index (κ3) is 4.11. The van der Waals surface area contributed by atoms with Crippen LogP contribution in [-0.4, -0.2) is 60.5 Å². The van der Waals surface area contributed by atoms with E-state index in [0.717, 1.165) is 37.3 Å². The Morgan fingerprint density at radius 2 is 1.95 bits per heavy atom. The number of ether oxygens (including phenoxy) is 1. The minimum absolute atomic E-state index is 0.568. The predicted molar refractivity (Wildman–Crippen MR) is 75.2 cm³/mol. The maximum absolute atomic E-state index is 5.03. The summed E-state index contributed by atoms with van der Waals surface area (Å²) in [6, 6.07) is 7.70. The first kappa shape index (κ1) is 13.6. The van der Waals surface area contributed by atoms with Gasteiger partial charge in [-0.05, 0) is 19.2 Å². The summed E-state index contributed by atoms with van der Waals surface area (Å²) < 4.78 is 5.03. The van der Waals surface area contributed by atoms with Gasteiger partial charge in [0.15, 0.2) is 0 Å². The van der Waals surface area contributed by atoms with Gasteiger partial charge in [-0.15, -0.1) is 10.2 Å². The molecular weight excluding hydrogens is 242 g/mol. The first-order valence-corrected chi connectivity index (χ1v) is 6.30. The lowest BCUT2D eigenvalue weighted by molar-refractivity contribution is 0.163. The lowest BCUT2D eigenvalue weighted by Crippen LogP contribution is -2.28. The number of nitrogens with one attached hydrogen (secondary N) is 1. The lowest BCUT2D eigenvalue weighted by atomic mass is 10.3. The maximum Gasteiger partial charge on any atom is 0.243 e. The zero-order valence-electron chi connectivity index (χ0n) is 11.3. The maximum atomic E-state index is 5.03. The van der Waals surface area contributed by atoms with E-state index in [2.05, 4.69) is 32.4 Å². The van der Waals surface area contributed by atoms with Crippen LogP contribution in [0.5, 0.6) is 0 Å². The first-order chi connectivity index (χ1) is 9.29. The molecule has 2 aromatic rings. The Hall–Kier alpha value is -1.79. The second-order valence-corrected chi connectivity index (χ2v) is 4.35. The minimum Gasteiger partial charge on any atom is -0.383 e. The molecule has 0 bridgehead atoms. The number of anilines is 1. The van der Waals surface area contributed by atoms with Gasteiger partial charge in [0.25, 0.3) is 0 Å². The summed E-state index contributed by atoms with van der Waals surface area (Å²) in [5, 5.41) is 11.3. The van der Waals surface area contributed by atoms with Crippen molar-refractivity contribution >= 4 is 17.0 Å². The van der Waals surface area contributed by atoms with Crippen LogP contribution < -0.4 is 5.32 Å². The molecule has 0 aliphatic rings. The molecule has 0 aliphatic carbocycles. The number of aromatic nitrogens is 3. The van der Waals surface area contributed by atoms with Crippen molar-refractivity contribution in [2.45, 2.75) is 0 Å². The van der Waals surface area contributed by atoms with Crippen LogP contribution in [-0.2, 0) is 4.74 Å². The molecule has 1 N–H and O–H groups in total. The van der Waals surface area contributed by atoms with Crippen molar-refractivity contribution in [2.75, 3.05) is 45.7 Å². The number of fused-ring (bicyclic) bond motifs is 1. The Morgan fingerprint density at radius 1 is 1.16 bits per heavy atom. The smallest absolute Gasteiger partial charge is 0.243 e. The summed E-state index contributed by atoms with van der Waals surface area (Å²) >= 11 is 0. The van der Waals surface area contributed by atoms with Crippen LogP contribution in [0.25, 0.3) is 11.0 Å². The molecule has 102 valence electrons. The summed E-state index contributed by atoms with van der Waals surface area (Å²) in [7, 11) is 3.76. The molecule has 0 aliphatic heterocycles. The zero-order chi connectivity index (χ0) is 13.5. The van der Waals surface area contributed by atoms with E-state index in [1.165, 1.54) is 0 Å². The van der Waals surface area contributed by atoms with Crippen LogP contribution in [0.15, 0.2) is 24.3 Å². The molecule has 0 atom stereocenters. The van der Waals surface area contributed by atoms with E-state index in [4.69, 9.17) is 4.74 Å². The average Bonchev–Trinajstić information content (AvgIpc) is 2.45. The van der Waals surface area contributed by atoms with Crippen molar-refractivity contribution in [3.8, 4) is 0 Å². The normalized spacial score (nSPS) is 11.1. The highest BCUT2D eigenvalue weighted by atomic mass is 16.5. The van der Waals surface area contributed by atoms with Gasteiger partial charge in [0.2, 0.25) is 5.95 Å². The molecule has 0 saturated heterocycles. The molecular formula is C13H19N5O. The lowest BCUT2D eigenvalue weighted by Gasteiger charge is -2.15.